The number of aryl methyl sites for hydroxylation is 1. The van der Waals surface area contributed by atoms with Crippen molar-refractivity contribution >= 4 is 27.3 Å². The molecule has 6 nitrogen and oxygen atoms in total. The molecule has 1 amide bonds. The van der Waals surface area contributed by atoms with Crippen LogP contribution < -0.4 is 14.4 Å². The first kappa shape index (κ1) is 19.2. The lowest BCUT2D eigenvalue weighted by Crippen LogP contribution is -2.37. The first-order valence-corrected chi connectivity index (χ1v) is 10.6. The molecule has 1 heterocycles. The molecule has 0 aromatic heterocycles. The Bertz CT molecular complexity index is 941. The van der Waals surface area contributed by atoms with Crippen LogP contribution >= 0.6 is 0 Å². The number of hydrogen-bond acceptors (Lipinski definition) is 4. The lowest BCUT2D eigenvalue weighted by molar-refractivity contribution is 0.102. The second-order valence-corrected chi connectivity index (χ2v) is 8.53. The molecule has 7 heteroatoms. The van der Waals surface area contributed by atoms with E-state index in [-0.39, 0.29) is 11.7 Å². The molecule has 0 spiro atoms. The summed E-state index contributed by atoms with van der Waals surface area (Å²) in [5.74, 6) is 0.449. The van der Waals surface area contributed by atoms with Gasteiger partial charge in [-0.05, 0) is 55.2 Å². The van der Waals surface area contributed by atoms with Crippen molar-refractivity contribution in [3.8, 4) is 5.75 Å². The second-order valence-electron chi connectivity index (χ2n) is 6.52. The van der Waals surface area contributed by atoms with E-state index in [1.807, 2.05) is 19.1 Å². The number of rotatable bonds is 6. The predicted octanol–water partition coefficient (Wildman–Crippen LogP) is 3.44. The molecule has 1 N–H and O–H groups in total. The Hall–Kier alpha value is -2.54. The molecule has 27 heavy (non-hydrogen) atoms. The average Bonchev–Trinajstić information content (AvgIpc) is 2.67. The highest BCUT2D eigenvalue weighted by Gasteiger charge is 2.27. The minimum atomic E-state index is -3.35. The summed E-state index contributed by atoms with van der Waals surface area (Å²) in [6, 6.07) is 12.3. The van der Waals surface area contributed by atoms with Gasteiger partial charge in [0.1, 0.15) is 5.75 Å². The summed E-state index contributed by atoms with van der Waals surface area (Å²) in [5.41, 5.74) is 2.70. The molecule has 0 saturated carbocycles. The van der Waals surface area contributed by atoms with Crippen molar-refractivity contribution in [3.63, 3.8) is 0 Å². The van der Waals surface area contributed by atoms with Crippen LogP contribution in [0.4, 0.5) is 11.4 Å². The number of methoxy groups -OCH3 is 1. The van der Waals surface area contributed by atoms with Gasteiger partial charge in [-0.2, -0.15) is 0 Å². The predicted molar refractivity (Wildman–Crippen MR) is 107 cm³/mol. The molecule has 0 radical (unpaired) electrons. The smallest absolute Gasteiger partial charge is 0.255 e. The summed E-state index contributed by atoms with van der Waals surface area (Å²) >= 11 is 0. The number of carbonyl (C=O) groups is 1. The Labute approximate surface area is 160 Å². The van der Waals surface area contributed by atoms with E-state index in [1.165, 1.54) is 4.31 Å². The van der Waals surface area contributed by atoms with Gasteiger partial charge in [0.25, 0.3) is 5.91 Å². The largest absolute Gasteiger partial charge is 0.497 e. The maximum atomic E-state index is 12.6. The van der Waals surface area contributed by atoms with Gasteiger partial charge in [-0.25, -0.2) is 8.42 Å². The Morgan fingerprint density at radius 1 is 1.22 bits per heavy atom. The lowest BCUT2D eigenvalue weighted by Gasteiger charge is -2.31. The molecule has 0 fully saturated rings. The Morgan fingerprint density at radius 3 is 2.78 bits per heavy atom. The van der Waals surface area contributed by atoms with Crippen LogP contribution in [0.5, 0.6) is 5.75 Å². The van der Waals surface area contributed by atoms with Crippen LogP contribution in [0.2, 0.25) is 0 Å². The maximum Gasteiger partial charge on any atom is 0.255 e. The number of carbonyl (C=O) groups excluding carboxylic acids is 1. The number of hydrogen-bond donors (Lipinski definition) is 1. The van der Waals surface area contributed by atoms with Gasteiger partial charge in [0.2, 0.25) is 10.0 Å². The number of ether oxygens (including phenoxy) is 1. The van der Waals surface area contributed by atoms with E-state index < -0.39 is 10.0 Å². The van der Waals surface area contributed by atoms with E-state index in [0.717, 1.165) is 18.4 Å². The Kier molecular flexibility index (Phi) is 5.70. The van der Waals surface area contributed by atoms with E-state index in [2.05, 4.69) is 5.32 Å². The zero-order chi connectivity index (χ0) is 19.4. The third-order valence-electron chi connectivity index (χ3n) is 4.55. The number of amides is 1. The molecular weight excluding hydrogens is 364 g/mol. The summed E-state index contributed by atoms with van der Waals surface area (Å²) in [6.07, 6.45) is 2.20. The normalized spacial score (nSPS) is 13.8. The average molecular weight is 388 g/mol. The highest BCUT2D eigenvalue weighted by atomic mass is 32.2. The molecule has 2 aromatic rings. The second kappa shape index (κ2) is 8.00. The first-order valence-electron chi connectivity index (χ1n) is 9.03. The topological polar surface area (TPSA) is 75.7 Å². The quantitative estimate of drug-likeness (QED) is 0.822. The van der Waals surface area contributed by atoms with Gasteiger partial charge in [-0.15, -0.1) is 0 Å². The number of benzene rings is 2. The van der Waals surface area contributed by atoms with Crippen LogP contribution in [0.25, 0.3) is 0 Å². The molecule has 0 aliphatic carbocycles. The van der Waals surface area contributed by atoms with E-state index >= 15 is 0 Å². The number of nitrogens with zero attached hydrogens (tertiary/aromatic N) is 1. The van der Waals surface area contributed by atoms with Crippen LogP contribution in [0.3, 0.4) is 0 Å². The van der Waals surface area contributed by atoms with Crippen LogP contribution in [-0.4, -0.2) is 33.7 Å². The monoisotopic (exact) mass is 388 g/mol. The zero-order valence-electron chi connectivity index (χ0n) is 15.6. The van der Waals surface area contributed by atoms with Crippen molar-refractivity contribution in [2.75, 3.05) is 29.0 Å². The van der Waals surface area contributed by atoms with Crippen molar-refractivity contribution in [2.24, 2.45) is 0 Å². The van der Waals surface area contributed by atoms with Crippen LogP contribution in [-0.2, 0) is 16.4 Å². The molecule has 2 aromatic carbocycles. The third kappa shape index (κ3) is 4.24. The summed E-state index contributed by atoms with van der Waals surface area (Å²) in [4.78, 5) is 12.5. The van der Waals surface area contributed by atoms with Crippen molar-refractivity contribution in [2.45, 2.75) is 26.2 Å². The van der Waals surface area contributed by atoms with E-state index in [9.17, 15) is 13.2 Å². The van der Waals surface area contributed by atoms with Crippen molar-refractivity contribution in [3.05, 3.63) is 53.6 Å². The molecule has 1 aliphatic heterocycles. The van der Waals surface area contributed by atoms with Gasteiger partial charge in [-0.3, -0.25) is 9.10 Å². The minimum Gasteiger partial charge on any atom is -0.497 e. The lowest BCUT2D eigenvalue weighted by atomic mass is 10.0. The minimum absolute atomic E-state index is 0.118. The summed E-state index contributed by atoms with van der Waals surface area (Å²) in [7, 11) is -1.80. The van der Waals surface area contributed by atoms with Crippen molar-refractivity contribution in [1.29, 1.82) is 0 Å². The first-order chi connectivity index (χ1) is 12.9. The SMILES string of the molecule is CCCS(=O)(=O)N1CCCc2ccc(NC(=O)c3cccc(OC)c3)cc21. The number of sulfonamides is 1. The van der Waals surface area contributed by atoms with Gasteiger partial charge < -0.3 is 10.1 Å². The Morgan fingerprint density at radius 2 is 2.04 bits per heavy atom. The van der Waals surface area contributed by atoms with Crippen LogP contribution in [0.15, 0.2) is 42.5 Å². The van der Waals surface area contributed by atoms with Gasteiger partial charge in [0, 0.05) is 17.8 Å². The molecule has 0 unspecified atom stereocenters. The molecule has 0 saturated heterocycles. The number of nitrogens with one attached hydrogen (secondary N) is 1. The maximum absolute atomic E-state index is 12.6. The van der Waals surface area contributed by atoms with Gasteiger partial charge in [-0.1, -0.05) is 19.1 Å². The highest BCUT2D eigenvalue weighted by Crippen LogP contribution is 2.32. The molecule has 0 bridgehead atoms. The third-order valence-corrected chi connectivity index (χ3v) is 6.52. The molecule has 1 aliphatic rings. The zero-order valence-corrected chi connectivity index (χ0v) is 16.4. The fourth-order valence-electron chi connectivity index (χ4n) is 3.24. The van der Waals surface area contributed by atoms with Crippen molar-refractivity contribution in [1.82, 2.24) is 0 Å². The van der Waals surface area contributed by atoms with E-state index in [0.29, 0.717) is 35.7 Å². The van der Waals surface area contributed by atoms with Crippen LogP contribution in [0.1, 0.15) is 35.7 Å². The van der Waals surface area contributed by atoms with Crippen LogP contribution in [0, 0.1) is 0 Å². The molecule has 144 valence electrons. The molecule has 0 atom stereocenters. The fourth-order valence-corrected chi connectivity index (χ4v) is 4.86. The molecular formula is C20H24N2O4S. The summed E-state index contributed by atoms with van der Waals surface area (Å²) in [5, 5.41) is 2.85. The molecule has 3 rings (SSSR count). The van der Waals surface area contributed by atoms with Gasteiger partial charge >= 0.3 is 0 Å². The number of anilines is 2. The standard InChI is InChI=1S/C20H24N2O4S/c1-3-12-27(24,25)22-11-5-7-15-9-10-17(14-19(15)22)21-20(23)16-6-4-8-18(13-16)26-2/h4,6,8-10,13-14H,3,5,7,11-12H2,1-2H3,(H,21,23). The van der Waals surface area contributed by atoms with E-state index in [1.54, 1.807) is 37.4 Å². The van der Waals surface area contributed by atoms with Gasteiger partial charge in [0.05, 0.1) is 18.6 Å². The Balaban J connectivity index is 1.87. The van der Waals surface area contributed by atoms with E-state index in [4.69, 9.17) is 4.74 Å². The van der Waals surface area contributed by atoms with Crippen molar-refractivity contribution < 1.29 is 17.9 Å². The fraction of sp³-hybridized carbons (Fsp3) is 0.350. The summed E-state index contributed by atoms with van der Waals surface area (Å²) < 4.78 is 31.8. The number of fused-ring (bicyclic) bond motifs is 1. The summed E-state index contributed by atoms with van der Waals surface area (Å²) in [6.45, 7) is 2.33. The van der Waals surface area contributed by atoms with Gasteiger partial charge in [0.15, 0.2) is 0 Å². The highest BCUT2D eigenvalue weighted by molar-refractivity contribution is 7.92.